The van der Waals surface area contributed by atoms with Crippen molar-refractivity contribution in [2.45, 2.75) is 53.2 Å². The third-order valence-corrected chi connectivity index (χ3v) is 4.86. The van der Waals surface area contributed by atoms with Crippen LogP contribution in [0.5, 0.6) is 0 Å². The Bertz CT molecular complexity index is 681. The average molecular weight is 402 g/mol. The van der Waals surface area contributed by atoms with Crippen LogP contribution in [0, 0.1) is 5.41 Å². The van der Waals surface area contributed by atoms with E-state index in [9.17, 15) is 9.00 Å². The van der Waals surface area contributed by atoms with Crippen molar-refractivity contribution < 1.29 is 13.7 Å². The molecule has 6 nitrogen and oxygen atoms in total. The number of nitrogens with zero attached hydrogens (tertiary/aromatic N) is 2. The zero-order valence-corrected chi connectivity index (χ0v) is 17.8. The molecule has 1 aromatic rings. The number of aromatic nitrogens is 2. The van der Waals surface area contributed by atoms with Gasteiger partial charge < -0.3 is 10.1 Å². The molecule has 1 aromatic heterocycles. The number of rotatable bonds is 7. The zero-order valence-electron chi connectivity index (χ0n) is 16.3. The van der Waals surface area contributed by atoms with Gasteiger partial charge in [0.15, 0.2) is 0 Å². The summed E-state index contributed by atoms with van der Waals surface area (Å²) < 4.78 is 17.7. The second-order valence-electron chi connectivity index (χ2n) is 8.05. The summed E-state index contributed by atoms with van der Waals surface area (Å²) in [4.78, 5) is 20.0. The number of esters is 1. The van der Waals surface area contributed by atoms with Crippen molar-refractivity contribution in [2.24, 2.45) is 5.41 Å². The van der Waals surface area contributed by atoms with Gasteiger partial charge in [-0.25, -0.2) is 9.97 Å². The van der Waals surface area contributed by atoms with E-state index < -0.39 is 22.4 Å². The first kappa shape index (κ1) is 22.6. The molecule has 0 aromatic carbocycles. The van der Waals surface area contributed by atoms with Crippen LogP contribution in [-0.2, 0) is 20.3 Å². The van der Waals surface area contributed by atoms with Gasteiger partial charge >= 0.3 is 5.97 Å². The largest absolute Gasteiger partial charge is 0.459 e. The highest BCUT2D eigenvalue weighted by molar-refractivity contribution is 7.85. The van der Waals surface area contributed by atoms with E-state index in [1.54, 1.807) is 33.0 Å². The first-order chi connectivity index (χ1) is 11.8. The Kier molecular flexibility index (Phi) is 7.77. The van der Waals surface area contributed by atoms with Crippen LogP contribution in [0.2, 0.25) is 5.28 Å². The Morgan fingerprint density at radius 3 is 2.50 bits per heavy atom. The Hall–Kier alpha value is -1.47. The minimum atomic E-state index is -1.39. The van der Waals surface area contributed by atoms with Gasteiger partial charge in [-0.3, -0.25) is 9.00 Å². The van der Waals surface area contributed by atoms with Gasteiger partial charge in [0.25, 0.3) is 0 Å². The van der Waals surface area contributed by atoms with Crippen LogP contribution < -0.4 is 5.32 Å². The van der Waals surface area contributed by atoms with E-state index in [2.05, 4.69) is 21.9 Å². The monoisotopic (exact) mass is 401 g/mol. The van der Waals surface area contributed by atoms with Crippen LogP contribution in [-0.4, -0.2) is 43.3 Å². The van der Waals surface area contributed by atoms with E-state index in [-0.39, 0.29) is 28.2 Å². The highest BCUT2D eigenvalue weighted by atomic mass is 35.5. The lowest BCUT2D eigenvalue weighted by atomic mass is 9.88. The molecule has 0 spiro atoms. The van der Waals surface area contributed by atoms with Crippen molar-refractivity contribution >= 4 is 40.3 Å². The minimum Gasteiger partial charge on any atom is -0.459 e. The molecule has 0 aliphatic rings. The van der Waals surface area contributed by atoms with Gasteiger partial charge in [-0.1, -0.05) is 33.4 Å². The van der Waals surface area contributed by atoms with Gasteiger partial charge in [0.2, 0.25) is 5.28 Å². The third kappa shape index (κ3) is 7.83. The van der Waals surface area contributed by atoms with Gasteiger partial charge in [0.05, 0.1) is 0 Å². The molecule has 0 aliphatic carbocycles. The van der Waals surface area contributed by atoms with E-state index in [1.165, 1.54) is 0 Å². The number of carbonyl (C=O) groups is 1. The van der Waals surface area contributed by atoms with Crippen LogP contribution in [0.4, 0.5) is 5.82 Å². The second-order valence-corrected chi connectivity index (χ2v) is 9.89. The summed E-state index contributed by atoms with van der Waals surface area (Å²) in [5.74, 6) is 0.167. The summed E-state index contributed by atoms with van der Waals surface area (Å²) in [6.45, 7) is 15.1. The Morgan fingerprint density at radius 1 is 1.38 bits per heavy atom. The molecule has 0 radical (unpaired) electrons. The van der Waals surface area contributed by atoms with E-state index in [0.717, 1.165) is 0 Å². The van der Waals surface area contributed by atoms with E-state index in [0.29, 0.717) is 11.4 Å². The number of halogens is 1. The highest BCUT2D eigenvalue weighted by Crippen LogP contribution is 2.26. The van der Waals surface area contributed by atoms with Crippen molar-refractivity contribution in [3.05, 3.63) is 23.6 Å². The molecular formula is C18H28ClN3O3S. The molecule has 26 heavy (non-hydrogen) atoms. The van der Waals surface area contributed by atoms with Crippen molar-refractivity contribution in [1.82, 2.24) is 9.97 Å². The first-order valence-electron chi connectivity index (χ1n) is 8.30. The molecule has 8 heteroatoms. The molecule has 1 rings (SSSR count). The molecular weight excluding hydrogens is 374 g/mol. The van der Waals surface area contributed by atoms with Crippen LogP contribution in [0.1, 0.15) is 47.1 Å². The number of anilines is 1. The third-order valence-electron chi connectivity index (χ3n) is 3.42. The molecule has 0 aliphatic heterocycles. The van der Waals surface area contributed by atoms with E-state index >= 15 is 0 Å². The van der Waals surface area contributed by atoms with Crippen molar-refractivity contribution in [1.29, 1.82) is 0 Å². The summed E-state index contributed by atoms with van der Waals surface area (Å²) in [5.41, 5.74) is -0.138. The fourth-order valence-corrected chi connectivity index (χ4v) is 3.58. The van der Waals surface area contributed by atoms with Gasteiger partial charge in [-0.05, 0) is 37.8 Å². The molecule has 0 fully saturated rings. The molecule has 1 N–H and O–H groups in total. The molecule has 146 valence electrons. The maximum Gasteiger partial charge on any atom is 0.319 e. The number of nitrogens with one attached hydrogen (secondary N) is 1. The summed E-state index contributed by atoms with van der Waals surface area (Å²) >= 11 is 5.89. The number of ether oxygens (including phenoxy) is 1. The molecule has 1 unspecified atom stereocenters. The number of carbonyl (C=O) groups excluding carboxylic acids is 1. The molecule has 0 bridgehead atoms. The highest BCUT2D eigenvalue weighted by Gasteiger charge is 2.29. The summed E-state index contributed by atoms with van der Waals surface area (Å²) in [6.07, 6.45) is 3.19. The second kappa shape index (κ2) is 8.95. The van der Waals surface area contributed by atoms with Crippen LogP contribution in [0.25, 0.3) is 6.08 Å². The van der Waals surface area contributed by atoms with Crippen molar-refractivity contribution in [3.63, 3.8) is 0 Å². The Morgan fingerprint density at radius 2 is 2.00 bits per heavy atom. The van der Waals surface area contributed by atoms with Crippen molar-refractivity contribution in [2.75, 3.05) is 16.8 Å². The Balaban J connectivity index is 2.89. The van der Waals surface area contributed by atoms with Gasteiger partial charge in [-0.15, -0.1) is 0 Å². The van der Waals surface area contributed by atoms with Crippen LogP contribution in [0.15, 0.2) is 12.8 Å². The molecule has 2 atom stereocenters. The smallest absolute Gasteiger partial charge is 0.319 e. The van der Waals surface area contributed by atoms with Crippen LogP contribution >= 0.6 is 11.6 Å². The predicted octanol–water partition coefficient (Wildman–Crippen LogP) is 3.69. The minimum absolute atomic E-state index is 0.112. The number of hydrogen-bond acceptors (Lipinski definition) is 6. The first-order valence-corrected chi connectivity index (χ1v) is 10.2. The lowest BCUT2D eigenvalue weighted by Crippen LogP contribution is -2.40. The van der Waals surface area contributed by atoms with Gasteiger partial charge in [0.1, 0.15) is 17.2 Å². The average Bonchev–Trinajstić information content (AvgIpc) is 2.43. The molecule has 0 saturated carbocycles. The van der Waals surface area contributed by atoms with E-state index in [1.807, 2.05) is 20.8 Å². The maximum atomic E-state index is 12.5. The normalized spacial score (nSPS) is 14.4. The summed E-state index contributed by atoms with van der Waals surface area (Å²) in [6, 6.07) is -0.213. The van der Waals surface area contributed by atoms with Crippen molar-refractivity contribution in [3.8, 4) is 0 Å². The molecule has 0 amide bonds. The lowest BCUT2D eigenvalue weighted by molar-refractivity contribution is -0.151. The zero-order chi connectivity index (χ0) is 20.1. The van der Waals surface area contributed by atoms with E-state index in [4.69, 9.17) is 16.3 Å². The lowest BCUT2D eigenvalue weighted by Gasteiger charge is -2.32. The predicted molar refractivity (Wildman–Crippen MR) is 108 cm³/mol. The number of hydrogen-bond donors (Lipinski definition) is 1. The standard InChI is InChI=1S/C18H28ClN3O3S/c1-8-12-9-20-16(19)22-15(12)21-13(17(2,3)4)10-26(24)11-14(23)25-18(5,6)7/h8-9,13H,1,10-11H2,2-7H3,(H,20,21,22)/t13-,26?/m1/s1. The Labute approximate surface area is 163 Å². The topological polar surface area (TPSA) is 81.2 Å². The van der Waals surface area contributed by atoms with Gasteiger partial charge in [0, 0.05) is 34.4 Å². The molecule has 1 heterocycles. The maximum absolute atomic E-state index is 12.5. The van der Waals surface area contributed by atoms with Crippen LogP contribution in [0.3, 0.4) is 0 Å². The summed E-state index contributed by atoms with van der Waals surface area (Å²) in [7, 11) is -1.39. The SMILES string of the molecule is C=Cc1cnc(Cl)nc1N[C@H](CS(=O)CC(=O)OC(C)(C)C)C(C)(C)C. The quantitative estimate of drug-likeness (QED) is 0.554. The fraction of sp³-hybridized carbons (Fsp3) is 0.611. The van der Waals surface area contributed by atoms with Gasteiger partial charge in [-0.2, -0.15) is 0 Å². The fourth-order valence-electron chi connectivity index (χ4n) is 2.06. The summed E-state index contributed by atoms with van der Waals surface area (Å²) in [5, 5.41) is 3.39. The molecule has 0 saturated heterocycles.